The Morgan fingerprint density at radius 2 is 1.35 bits per heavy atom. The lowest BCUT2D eigenvalue weighted by Gasteiger charge is -2.07. The molecule has 0 bridgehead atoms. The molecular weight excluding hydrogens is 311 g/mol. The molecule has 0 N–H and O–H groups in total. The molecule has 0 amide bonds. The van der Waals surface area contributed by atoms with Gasteiger partial charge in [0.05, 0.1) is 10.7 Å². The van der Waals surface area contributed by atoms with Crippen molar-refractivity contribution in [3.63, 3.8) is 0 Å². The predicted molar refractivity (Wildman–Crippen MR) is 51.1 cm³/mol. The number of hydrogen-bond donors (Lipinski definition) is 0. The third kappa shape index (κ3) is 1.82. The van der Waals surface area contributed by atoms with Gasteiger partial charge in [-0.05, 0) is 15.9 Å². The van der Waals surface area contributed by atoms with Gasteiger partial charge >= 0.3 is 0 Å². The average molecular weight is 313 g/mol. The van der Waals surface area contributed by atoms with Crippen LogP contribution in [0.3, 0.4) is 0 Å². The van der Waals surface area contributed by atoms with E-state index in [4.69, 9.17) is 0 Å². The van der Waals surface area contributed by atoms with E-state index in [1.807, 2.05) is 0 Å². The van der Waals surface area contributed by atoms with Crippen LogP contribution in [-0.2, 0) is 0 Å². The standard InChI is InChI=1S/C9H2BrF5N2/c10-3-1-16-17(2-3)9-7(14)5(12)4(11)6(13)8(9)15/h1-2H. The molecule has 0 atom stereocenters. The molecule has 0 aliphatic rings. The molecule has 90 valence electrons. The Labute approximate surface area is 99.8 Å². The fourth-order valence-electron chi connectivity index (χ4n) is 1.22. The van der Waals surface area contributed by atoms with Gasteiger partial charge in [0.25, 0.3) is 0 Å². The van der Waals surface area contributed by atoms with Crippen molar-refractivity contribution in [3.8, 4) is 5.69 Å². The second-order valence-electron chi connectivity index (χ2n) is 3.02. The Morgan fingerprint density at radius 1 is 0.882 bits per heavy atom. The number of benzene rings is 1. The maximum absolute atomic E-state index is 13.3. The zero-order valence-electron chi connectivity index (χ0n) is 7.82. The van der Waals surface area contributed by atoms with E-state index in [0.717, 1.165) is 12.4 Å². The van der Waals surface area contributed by atoms with Crippen molar-refractivity contribution in [2.24, 2.45) is 0 Å². The van der Waals surface area contributed by atoms with Gasteiger partial charge in [0, 0.05) is 6.20 Å². The molecule has 2 rings (SSSR count). The first-order valence-corrected chi connectivity index (χ1v) is 4.94. The minimum absolute atomic E-state index is 0.335. The summed E-state index contributed by atoms with van der Waals surface area (Å²) in [6.45, 7) is 0. The molecule has 8 heteroatoms. The van der Waals surface area contributed by atoms with Crippen molar-refractivity contribution in [1.29, 1.82) is 0 Å². The molecular formula is C9H2BrF5N2. The van der Waals surface area contributed by atoms with Crippen molar-refractivity contribution in [2.45, 2.75) is 0 Å². The van der Waals surface area contributed by atoms with E-state index in [0.29, 0.717) is 9.15 Å². The number of hydrogen-bond acceptors (Lipinski definition) is 1. The lowest BCUT2D eigenvalue weighted by atomic mass is 10.2. The van der Waals surface area contributed by atoms with Gasteiger partial charge in [0.2, 0.25) is 5.82 Å². The lowest BCUT2D eigenvalue weighted by molar-refractivity contribution is 0.374. The predicted octanol–water partition coefficient (Wildman–Crippen LogP) is 3.33. The second kappa shape index (κ2) is 4.10. The fourth-order valence-corrected chi connectivity index (χ4v) is 1.50. The van der Waals surface area contributed by atoms with Crippen LogP contribution in [0, 0.1) is 29.1 Å². The van der Waals surface area contributed by atoms with E-state index in [2.05, 4.69) is 21.0 Å². The van der Waals surface area contributed by atoms with Gasteiger partial charge in [-0.1, -0.05) is 0 Å². The maximum Gasteiger partial charge on any atom is 0.200 e. The first-order chi connectivity index (χ1) is 7.93. The van der Waals surface area contributed by atoms with Gasteiger partial charge in [-0.2, -0.15) is 5.10 Å². The maximum atomic E-state index is 13.3. The van der Waals surface area contributed by atoms with E-state index in [-0.39, 0.29) is 0 Å². The van der Waals surface area contributed by atoms with Crippen molar-refractivity contribution in [3.05, 3.63) is 46.0 Å². The van der Waals surface area contributed by atoms with Gasteiger partial charge in [-0.25, -0.2) is 26.6 Å². The van der Waals surface area contributed by atoms with Crippen LogP contribution < -0.4 is 0 Å². The van der Waals surface area contributed by atoms with Gasteiger partial charge in [-0.3, -0.25) is 0 Å². The Bertz CT molecular complexity index is 566. The second-order valence-corrected chi connectivity index (χ2v) is 3.94. The topological polar surface area (TPSA) is 17.8 Å². The highest BCUT2D eigenvalue weighted by molar-refractivity contribution is 9.10. The first kappa shape index (κ1) is 12.0. The molecule has 17 heavy (non-hydrogen) atoms. The fraction of sp³-hybridized carbons (Fsp3) is 0. The summed E-state index contributed by atoms with van der Waals surface area (Å²) in [5.74, 6) is -10.1. The van der Waals surface area contributed by atoms with Crippen LogP contribution in [0.15, 0.2) is 16.9 Å². The number of nitrogens with zero attached hydrogens (tertiary/aromatic N) is 2. The Morgan fingerprint density at radius 3 is 1.76 bits per heavy atom. The Hall–Kier alpha value is -1.44. The van der Waals surface area contributed by atoms with Gasteiger partial charge in [-0.15, -0.1) is 0 Å². The van der Waals surface area contributed by atoms with E-state index >= 15 is 0 Å². The minimum Gasteiger partial charge on any atom is -0.234 e. The van der Waals surface area contributed by atoms with E-state index < -0.39 is 34.8 Å². The SMILES string of the molecule is Fc1c(F)c(F)c(-n2cc(Br)cn2)c(F)c1F. The summed E-state index contributed by atoms with van der Waals surface area (Å²) < 4.78 is 66.0. The van der Waals surface area contributed by atoms with E-state index in [1.165, 1.54) is 0 Å². The summed E-state index contributed by atoms with van der Waals surface area (Å²) in [5, 5.41) is 3.45. The van der Waals surface area contributed by atoms with Gasteiger partial charge in [0.15, 0.2) is 23.3 Å². The monoisotopic (exact) mass is 312 g/mol. The highest BCUT2D eigenvalue weighted by Crippen LogP contribution is 2.26. The Balaban J connectivity index is 2.78. The lowest BCUT2D eigenvalue weighted by Crippen LogP contribution is -2.09. The van der Waals surface area contributed by atoms with Crippen molar-refractivity contribution in [1.82, 2.24) is 9.78 Å². The van der Waals surface area contributed by atoms with Crippen molar-refractivity contribution < 1.29 is 22.0 Å². The molecule has 0 saturated heterocycles. The molecule has 1 aromatic heterocycles. The molecule has 0 saturated carbocycles. The molecule has 1 heterocycles. The molecule has 0 radical (unpaired) electrons. The van der Waals surface area contributed by atoms with Crippen molar-refractivity contribution in [2.75, 3.05) is 0 Å². The summed E-state index contributed by atoms with van der Waals surface area (Å²) in [6.07, 6.45) is 2.22. The molecule has 0 spiro atoms. The summed E-state index contributed by atoms with van der Waals surface area (Å²) >= 11 is 2.94. The summed E-state index contributed by atoms with van der Waals surface area (Å²) in [5.41, 5.74) is -1.12. The molecule has 0 aliphatic carbocycles. The third-order valence-electron chi connectivity index (χ3n) is 1.97. The molecule has 2 aromatic rings. The molecule has 1 aromatic carbocycles. The smallest absolute Gasteiger partial charge is 0.200 e. The zero-order chi connectivity index (χ0) is 12.7. The number of halogens is 6. The first-order valence-electron chi connectivity index (χ1n) is 4.15. The minimum atomic E-state index is -2.20. The quantitative estimate of drug-likeness (QED) is 0.449. The van der Waals surface area contributed by atoms with Crippen LogP contribution in [0.2, 0.25) is 0 Å². The van der Waals surface area contributed by atoms with Crippen LogP contribution >= 0.6 is 15.9 Å². The van der Waals surface area contributed by atoms with E-state index in [9.17, 15) is 22.0 Å². The normalized spacial score (nSPS) is 10.9. The summed E-state index contributed by atoms with van der Waals surface area (Å²) in [7, 11) is 0. The Kier molecular flexibility index (Phi) is 2.90. The van der Waals surface area contributed by atoms with Crippen LogP contribution in [0.5, 0.6) is 0 Å². The highest BCUT2D eigenvalue weighted by atomic mass is 79.9. The average Bonchev–Trinajstić information content (AvgIpc) is 2.71. The summed E-state index contributed by atoms with van der Waals surface area (Å²) in [4.78, 5) is 0. The molecule has 0 unspecified atom stereocenters. The molecule has 0 aliphatic heterocycles. The van der Waals surface area contributed by atoms with E-state index in [1.54, 1.807) is 0 Å². The highest BCUT2D eigenvalue weighted by Gasteiger charge is 2.27. The van der Waals surface area contributed by atoms with Crippen LogP contribution in [0.25, 0.3) is 5.69 Å². The molecule has 0 fully saturated rings. The zero-order valence-corrected chi connectivity index (χ0v) is 9.40. The molecule has 2 nitrogen and oxygen atoms in total. The third-order valence-corrected chi connectivity index (χ3v) is 2.38. The number of rotatable bonds is 1. The van der Waals surface area contributed by atoms with Crippen LogP contribution in [-0.4, -0.2) is 9.78 Å². The van der Waals surface area contributed by atoms with Crippen LogP contribution in [0.4, 0.5) is 22.0 Å². The van der Waals surface area contributed by atoms with Gasteiger partial charge in [0.1, 0.15) is 5.69 Å². The number of aromatic nitrogens is 2. The van der Waals surface area contributed by atoms with Crippen molar-refractivity contribution >= 4 is 15.9 Å². The van der Waals surface area contributed by atoms with Gasteiger partial charge < -0.3 is 0 Å². The van der Waals surface area contributed by atoms with Crippen LogP contribution in [0.1, 0.15) is 0 Å². The summed E-state index contributed by atoms with van der Waals surface area (Å²) in [6, 6.07) is 0. The largest absolute Gasteiger partial charge is 0.234 e.